The second-order valence-corrected chi connectivity index (χ2v) is 6.15. The molecule has 2 rings (SSSR count). The summed E-state index contributed by atoms with van der Waals surface area (Å²) in [6.45, 7) is 0.802. The molecule has 142 valence electrons. The van der Waals surface area contributed by atoms with Gasteiger partial charge in [0.05, 0.1) is 5.02 Å². The van der Waals surface area contributed by atoms with E-state index in [1.807, 2.05) is 5.32 Å². The first kappa shape index (κ1) is 20.5. The molecule has 0 spiro atoms. The molecule has 0 aliphatic heterocycles. The maximum atomic E-state index is 11.9. The lowest BCUT2D eigenvalue weighted by Gasteiger charge is -2.15. The number of anilines is 1. The van der Waals surface area contributed by atoms with E-state index in [4.69, 9.17) is 32.7 Å². The Bertz CT molecular complexity index is 830. The van der Waals surface area contributed by atoms with Gasteiger partial charge in [0.25, 0.3) is 5.91 Å². The lowest BCUT2D eigenvalue weighted by Crippen LogP contribution is -2.38. The van der Waals surface area contributed by atoms with Gasteiger partial charge in [0.2, 0.25) is 0 Å². The predicted octanol–water partition coefficient (Wildman–Crippen LogP) is 3.65. The fourth-order valence-electron chi connectivity index (χ4n) is 1.91. The predicted molar refractivity (Wildman–Crippen MR) is 101 cm³/mol. The minimum atomic E-state index is -1.02. The van der Waals surface area contributed by atoms with Crippen LogP contribution in [0.25, 0.3) is 0 Å². The largest absolute Gasteiger partial charge is 0.477 e. The molecule has 0 fully saturated rings. The van der Waals surface area contributed by atoms with E-state index in [0.29, 0.717) is 10.7 Å². The maximum Gasteiger partial charge on any atom is 0.347 e. The minimum Gasteiger partial charge on any atom is -0.477 e. The summed E-state index contributed by atoms with van der Waals surface area (Å²) in [4.78, 5) is 35.3. The van der Waals surface area contributed by atoms with Crippen LogP contribution in [0.3, 0.4) is 0 Å². The van der Waals surface area contributed by atoms with Crippen LogP contribution in [-0.4, -0.2) is 30.6 Å². The van der Waals surface area contributed by atoms with Gasteiger partial charge in [-0.2, -0.15) is 0 Å². The molecule has 0 saturated heterocycles. The van der Waals surface area contributed by atoms with Crippen LogP contribution >= 0.6 is 23.2 Å². The van der Waals surface area contributed by atoms with E-state index in [1.165, 1.54) is 19.1 Å². The van der Waals surface area contributed by atoms with Crippen molar-refractivity contribution in [2.45, 2.75) is 13.0 Å². The molecule has 2 aromatic carbocycles. The molecule has 0 saturated carbocycles. The zero-order valence-corrected chi connectivity index (χ0v) is 15.7. The summed E-state index contributed by atoms with van der Waals surface area (Å²) in [7, 11) is 0. The molecule has 27 heavy (non-hydrogen) atoms. The topological polar surface area (TPSA) is 93.7 Å². The van der Waals surface area contributed by atoms with Gasteiger partial charge in [0, 0.05) is 10.7 Å². The van der Waals surface area contributed by atoms with Crippen molar-refractivity contribution < 1.29 is 23.9 Å². The van der Waals surface area contributed by atoms with E-state index in [0.717, 1.165) is 0 Å². The van der Waals surface area contributed by atoms with Crippen LogP contribution < -0.4 is 15.4 Å². The quantitative estimate of drug-likeness (QED) is 0.708. The second-order valence-electron chi connectivity index (χ2n) is 5.31. The van der Waals surface area contributed by atoms with Crippen LogP contribution in [-0.2, 0) is 14.3 Å². The fraction of sp³-hybridized carbons (Fsp3) is 0.167. The summed E-state index contributed by atoms with van der Waals surface area (Å²) >= 11 is 11.7. The van der Waals surface area contributed by atoms with Crippen molar-refractivity contribution in [2.75, 3.05) is 11.9 Å². The number of carbonyl (C=O) groups excluding carboxylic acids is 3. The number of para-hydroxylation sites is 1. The number of urea groups is 1. The van der Waals surface area contributed by atoms with Crippen molar-refractivity contribution in [3.05, 3.63) is 58.6 Å². The number of rotatable bonds is 6. The highest BCUT2D eigenvalue weighted by Gasteiger charge is 2.19. The second kappa shape index (κ2) is 9.80. The van der Waals surface area contributed by atoms with Gasteiger partial charge in [-0.15, -0.1) is 0 Å². The number of imide groups is 1. The molecule has 2 aromatic rings. The first-order chi connectivity index (χ1) is 12.8. The van der Waals surface area contributed by atoms with Crippen molar-refractivity contribution in [2.24, 2.45) is 0 Å². The highest BCUT2D eigenvalue weighted by Crippen LogP contribution is 2.28. The van der Waals surface area contributed by atoms with Crippen molar-refractivity contribution in [3.63, 3.8) is 0 Å². The Morgan fingerprint density at radius 1 is 1.07 bits per heavy atom. The number of hydrogen-bond acceptors (Lipinski definition) is 5. The van der Waals surface area contributed by atoms with E-state index in [-0.39, 0.29) is 10.8 Å². The van der Waals surface area contributed by atoms with Crippen molar-refractivity contribution in [1.82, 2.24) is 5.32 Å². The summed E-state index contributed by atoms with van der Waals surface area (Å²) in [5.41, 5.74) is 0.515. The number of nitrogens with one attached hydrogen (secondary N) is 2. The average Bonchev–Trinajstić information content (AvgIpc) is 2.62. The number of esters is 1. The van der Waals surface area contributed by atoms with Crippen LogP contribution in [0.15, 0.2) is 48.5 Å². The number of hydrogen-bond donors (Lipinski definition) is 2. The van der Waals surface area contributed by atoms with Crippen LogP contribution in [0.1, 0.15) is 6.92 Å². The van der Waals surface area contributed by atoms with Gasteiger partial charge < -0.3 is 14.8 Å². The van der Waals surface area contributed by atoms with Crippen molar-refractivity contribution >= 4 is 46.8 Å². The molecule has 0 heterocycles. The Kier molecular flexibility index (Phi) is 7.45. The average molecular weight is 411 g/mol. The molecule has 7 nitrogen and oxygen atoms in total. The number of halogens is 2. The van der Waals surface area contributed by atoms with Gasteiger partial charge in [-0.3, -0.25) is 10.1 Å². The number of carbonyl (C=O) groups is 3. The van der Waals surface area contributed by atoms with Crippen molar-refractivity contribution in [3.8, 4) is 5.75 Å². The third-order valence-corrected chi connectivity index (χ3v) is 3.69. The first-order valence-corrected chi connectivity index (χ1v) is 8.55. The molecule has 0 aliphatic rings. The van der Waals surface area contributed by atoms with Gasteiger partial charge in [-0.1, -0.05) is 41.4 Å². The van der Waals surface area contributed by atoms with Crippen LogP contribution in [0, 0.1) is 0 Å². The first-order valence-electron chi connectivity index (χ1n) is 7.79. The summed E-state index contributed by atoms with van der Waals surface area (Å²) < 4.78 is 10.2. The van der Waals surface area contributed by atoms with Crippen molar-refractivity contribution in [1.29, 1.82) is 0 Å². The summed E-state index contributed by atoms with van der Waals surface area (Å²) in [5, 5.41) is 5.17. The smallest absolute Gasteiger partial charge is 0.347 e. The minimum absolute atomic E-state index is 0.234. The highest BCUT2D eigenvalue weighted by molar-refractivity contribution is 6.35. The molecule has 0 bridgehead atoms. The highest BCUT2D eigenvalue weighted by atomic mass is 35.5. The van der Waals surface area contributed by atoms with Crippen LogP contribution in [0.2, 0.25) is 10.0 Å². The SMILES string of the molecule is C[C@@H](Oc1ccc(Cl)cc1Cl)C(=O)OCC(=O)NC(=O)Nc1ccccc1. The Labute approximate surface area is 165 Å². The molecule has 2 N–H and O–H groups in total. The monoisotopic (exact) mass is 410 g/mol. The van der Waals surface area contributed by atoms with Crippen LogP contribution in [0.4, 0.5) is 10.5 Å². The lowest BCUT2D eigenvalue weighted by atomic mass is 10.3. The molecule has 0 radical (unpaired) electrons. The standard InChI is InChI=1S/C18H16Cl2N2O5/c1-11(27-15-8-7-12(19)9-14(15)20)17(24)26-10-16(23)22-18(25)21-13-5-3-2-4-6-13/h2-9,11H,10H2,1H3,(H2,21,22,23,25)/t11-/m1/s1. The van der Waals surface area contributed by atoms with Crippen LogP contribution in [0.5, 0.6) is 5.75 Å². The Morgan fingerprint density at radius 3 is 2.44 bits per heavy atom. The lowest BCUT2D eigenvalue weighted by molar-refractivity contribution is -0.154. The Hall–Kier alpha value is -2.77. The molecule has 9 heteroatoms. The molecule has 0 aromatic heterocycles. The third-order valence-electron chi connectivity index (χ3n) is 3.16. The van der Waals surface area contributed by atoms with E-state index in [9.17, 15) is 14.4 Å². The normalized spacial score (nSPS) is 11.2. The zero-order valence-electron chi connectivity index (χ0n) is 14.2. The van der Waals surface area contributed by atoms with E-state index >= 15 is 0 Å². The summed E-state index contributed by atoms with van der Waals surface area (Å²) in [6.07, 6.45) is -1.02. The number of ether oxygens (including phenoxy) is 2. The van der Waals surface area contributed by atoms with Gasteiger partial charge in [0.1, 0.15) is 5.75 Å². The number of amides is 3. The summed E-state index contributed by atoms with van der Waals surface area (Å²) in [5.74, 6) is -1.33. The third kappa shape index (κ3) is 6.80. The van der Waals surface area contributed by atoms with Gasteiger partial charge in [-0.25, -0.2) is 9.59 Å². The summed E-state index contributed by atoms with van der Waals surface area (Å²) in [6, 6.07) is 12.4. The fourth-order valence-corrected chi connectivity index (χ4v) is 2.36. The molecular formula is C18H16Cl2N2O5. The maximum absolute atomic E-state index is 11.9. The van der Waals surface area contributed by atoms with E-state index in [1.54, 1.807) is 36.4 Å². The Morgan fingerprint density at radius 2 is 1.78 bits per heavy atom. The molecule has 0 aliphatic carbocycles. The van der Waals surface area contributed by atoms with E-state index < -0.39 is 30.6 Å². The van der Waals surface area contributed by atoms with E-state index in [2.05, 4.69) is 5.32 Å². The Balaban J connectivity index is 1.76. The molecule has 0 unspecified atom stereocenters. The van der Waals surface area contributed by atoms with Gasteiger partial charge >= 0.3 is 12.0 Å². The van der Waals surface area contributed by atoms with Gasteiger partial charge in [0.15, 0.2) is 12.7 Å². The van der Waals surface area contributed by atoms with Gasteiger partial charge in [-0.05, 0) is 37.3 Å². The molecular weight excluding hydrogens is 395 g/mol. The number of benzene rings is 2. The molecule has 3 amide bonds. The zero-order chi connectivity index (χ0) is 19.8. The molecule has 1 atom stereocenters.